The summed E-state index contributed by atoms with van der Waals surface area (Å²) >= 11 is 0. The fourth-order valence-electron chi connectivity index (χ4n) is 2.50. The lowest BCUT2D eigenvalue weighted by atomic mass is 9.92. The number of ether oxygens (including phenoxy) is 1. The van der Waals surface area contributed by atoms with E-state index in [1.54, 1.807) is 0 Å². The second-order valence-corrected chi connectivity index (χ2v) is 4.95. The number of hydrogen-bond acceptors (Lipinski definition) is 4. The van der Waals surface area contributed by atoms with Gasteiger partial charge in [-0.3, -0.25) is 0 Å². The van der Waals surface area contributed by atoms with Crippen molar-refractivity contribution in [3.05, 3.63) is 47.9 Å². The molecule has 20 heavy (non-hydrogen) atoms. The molecular formula is C16H19N3O. The molecule has 1 unspecified atom stereocenters. The van der Waals surface area contributed by atoms with Gasteiger partial charge in [0, 0.05) is 18.3 Å². The predicted molar refractivity (Wildman–Crippen MR) is 79.2 cm³/mol. The van der Waals surface area contributed by atoms with Crippen molar-refractivity contribution < 1.29 is 4.74 Å². The minimum atomic E-state index is 0.225. The summed E-state index contributed by atoms with van der Waals surface area (Å²) in [5.74, 6) is 2.96. The van der Waals surface area contributed by atoms with Crippen molar-refractivity contribution in [3.63, 3.8) is 0 Å². The highest BCUT2D eigenvalue weighted by molar-refractivity contribution is 5.42. The van der Waals surface area contributed by atoms with Crippen LogP contribution in [0, 0.1) is 0 Å². The highest BCUT2D eigenvalue weighted by Gasteiger charge is 2.24. The van der Waals surface area contributed by atoms with E-state index in [1.807, 2.05) is 30.5 Å². The van der Waals surface area contributed by atoms with Gasteiger partial charge in [-0.1, -0.05) is 25.1 Å². The zero-order valence-electron chi connectivity index (χ0n) is 11.7. The number of anilines is 1. The molecule has 104 valence electrons. The first kappa shape index (κ1) is 12.9. The molecule has 0 amide bonds. The Bertz CT molecular complexity index is 585. The van der Waals surface area contributed by atoms with E-state index in [0.29, 0.717) is 0 Å². The molecule has 0 radical (unpaired) electrons. The van der Waals surface area contributed by atoms with E-state index in [1.165, 1.54) is 5.56 Å². The monoisotopic (exact) mass is 269 g/mol. The second kappa shape index (κ2) is 5.90. The summed E-state index contributed by atoms with van der Waals surface area (Å²) in [6, 6.07) is 10.1. The Kier molecular flexibility index (Phi) is 3.81. The minimum Gasteiger partial charge on any atom is -0.493 e. The number of nitrogens with zero attached hydrogens (tertiary/aromatic N) is 2. The molecule has 0 bridgehead atoms. The third-order valence-corrected chi connectivity index (χ3v) is 3.50. The molecule has 2 heterocycles. The number of para-hydroxylation sites is 1. The van der Waals surface area contributed by atoms with E-state index in [0.717, 1.165) is 43.4 Å². The number of fused-ring (bicyclic) bond motifs is 1. The highest BCUT2D eigenvalue weighted by atomic mass is 16.5. The minimum absolute atomic E-state index is 0.225. The maximum atomic E-state index is 5.70. The van der Waals surface area contributed by atoms with Crippen LogP contribution in [0.25, 0.3) is 0 Å². The van der Waals surface area contributed by atoms with Gasteiger partial charge in [0.1, 0.15) is 17.4 Å². The molecule has 1 N–H and O–H groups in total. The number of benzene rings is 1. The third kappa shape index (κ3) is 2.59. The smallest absolute Gasteiger partial charge is 0.138 e. The van der Waals surface area contributed by atoms with Crippen LogP contribution >= 0.6 is 0 Å². The summed E-state index contributed by atoms with van der Waals surface area (Å²) in [6.07, 6.45) is 3.84. The van der Waals surface area contributed by atoms with Gasteiger partial charge in [0.05, 0.1) is 12.5 Å². The van der Waals surface area contributed by atoms with Crippen LogP contribution in [0.5, 0.6) is 5.75 Å². The lowest BCUT2D eigenvalue weighted by Crippen LogP contribution is -2.17. The first-order chi connectivity index (χ1) is 9.88. The molecule has 1 aromatic carbocycles. The molecule has 4 nitrogen and oxygen atoms in total. The van der Waals surface area contributed by atoms with Gasteiger partial charge in [-0.05, 0) is 25.0 Å². The van der Waals surface area contributed by atoms with Gasteiger partial charge in [-0.15, -0.1) is 0 Å². The number of rotatable bonds is 4. The fourth-order valence-corrected chi connectivity index (χ4v) is 2.50. The van der Waals surface area contributed by atoms with Gasteiger partial charge >= 0.3 is 0 Å². The molecule has 0 saturated heterocycles. The lowest BCUT2D eigenvalue weighted by Gasteiger charge is -2.24. The van der Waals surface area contributed by atoms with Crippen molar-refractivity contribution in [2.75, 3.05) is 18.5 Å². The van der Waals surface area contributed by atoms with Gasteiger partial charge in [0.15, 0.2) is 0 Å². The lowest BCUT2D eigenvalue weighted by molar-refractivity contribution is 0.274. The van der Waals surface area contributed by atoms with Crippen molar-refractivity contribution in [1.82, 2.24) is 9.97 Å². The van der Waals surface area contributed by atoms with Crippen molar-refractivity contribution in [2.45, 2.75) is 25.7 Å². The number of nitrogens with one attached hydrogen (secondary N) is 1. The summed E-state index contributed by atoms with van der Waals surface area (Å²) in [5, 5.41) is 3.32. The molecule has 1 aliphatic rings. The first-order valence-corrected chi connectivity index (χ1v) is 7.17. The van der Waals surface area contributed by atoms with Crippen LogP contribution in [-0.2, 0) is 0 Å². The number of hydrogen-bond donors (Lipinski definition) is 1. The first-order valence-electron chi connectivity index (χ1n) is 7.17. The fraction of sp³-hybridized carbons (Fsp3) is 0.375. The standard InChI is InChI=1S/C16H19N3O/c1-2-9-17-15-7-10-18-16(19-15)13-8-11-20-14-6-4-3-5-12(13)14/h3-7,10,13H,2,8-9,11H2,1H3,(H,17,18,19). The molecule has 4 heteroatoms. The summed E-state index contributed by atoms with van der Waals surface area (Å²) < 4.78 is 5.70. The van der Waals surface area contributed by atoms with Crippen molar-refractivity contribution >= 4 is 5.82 Å². The molecule has 1 atom stereocenters. The quantitative estimate of drug-likeness (QED) is 0.925. The van der Waals surface area contributed by atoms with Crippen molar-refractivity contribution in [3.8, 4) is 5.75 Å². The topological polar surface area (TPSA) is 47.0 Å². The third-order valence-electron chi connectivity index (χ3n) is 3.50. The van der Waals surface area contributed by atoms with E-state index >= 15 is 0 Å². The van der Waals surface area contributed by atoms with Gasteiger partial charge in [-0.2, -0.15) is 0 Å². The zero-order valence-corrected chi connectivity index (χ0v) is 11.7. The van der Waals surface area contributed by atoms with E-state index in [4.69, 9.17) is 4.74 Å². The maximum Gasteiger partial charge on any atom is 0.138 e. The van der Waals surface area contributed by atoms with Gasteiger partial charge in [0.25, 0.3) is 0 Å². The molecule has 0 saturated carbocycles. The summed E-state index contributed by atoms with van der Waals surface area (Å²) in [7, 11) is 0. The Morgan fingerprint density at radius 1 is 1.30 bits per heavy atom. The molecule has 1 aromatic heterocycles. The Balaban J connectivity index is 1.90. The average Bonchev–Trinajstić information content (AvgIpc) is 2.52. The summed E-state index contributed by atoms with van der Waals surface area (Å²) in [6.45, 7) is 3.79. The largest absolute Gasteiger partial charge is 0.493 e. The van der Waals surface area contributed by atoms with Crippen LogP contribution in [0.4, 0.5) is 5.82 Å². The van der Waals surface area contributed by atoms with Gasteiger partial charge < -0.3 is 10.1 Å². The van der Waals surface area contributed by atoms with E-state index < -0.39 is 0 Å². The van der Waals surface area contributed by atoms with E-state index in [-0.39, 0.29) is 5.92 Å². The van der Waals surface area contributed by atoms with E-state index in [2.05, 4.69) is 28.3 Å². The Morgan fingerprint density at radius 3 is 3.10 bits per heavy atom. The maximum absolute atomic E-state index is 5.70. The molecular weight excluding hydrogens is 250 g/mol. The van der Waals surface area contributed by atoms with Crippen LogP contribution in [-0.4, -0.2) is 23.1 Å². The predicted octanol–water partition coefficient (Wildman–Crippen LogP) is 3.21. The summed E-state index contributed by atoms with van der Waals surface area (Å²) in [4.78, 5) is 9.12. The van der Waals surface area contributed by atoms with Crippen LogP contribution in [0.1, 0.15) is 37.1 Å². The normalized spacial score (nSPS) is 17.1. The van der Waals surface area contributed by atoms with Crippen LogP contribution in [0.15, 0.2) is 36.5 Å². The SMILES string of the molecule is CCCNc1ccnc(C2CCOc3ccccc32)n1. The van der Waals surface area contributed by atoms with Crippen molar-refractivity contribution in [1.29, 1.82) is 0 Å². The zero-order chi connectivity index (χ0) is 13.8. The van der Waals surface area contributed by atoms with Crippen molar-refractivity contribution in [2.24, 2.45) is 0 Å². The van der Waals surface area contributed by atoms with Gasteiger partial charge in [-0.25, -0.2) is 9.97 Å². The van der Waals surface area contributed by atoms with Crippen LogP contribution < -0.4 is 10.1 Å². The molecule has 0 aliphatic carbocycles. The van der Waals surface area contributed by atoms with Gasteiger partial charge in [0.2, 0.25) is 0 Å². The Labute approximate surface area is 119 Å². The molecule has 0 spiro atoms. The average molecular weight is 269 g/mol. The second-order valence-electron chi connectivity index (χ2n) is 4.95. The highest BCUT2D eigenvalue weighted by Crippen LogP contribution is 2.36. The Morgan fingerprint density at radius 2 is 2.20 bits per heavy atom. The molecule has 3 rings (SSSR count). The van der Waals surface area contributed by atoms with Crippen LogP contribution in [0.3, 0.4) is 0 Å². The summed E-state index contributed by atoms with van der Waals surface area (Å²) in [5.41, 5.74) is 1.19. The van der Waals surface area contributed by atoms with Crippen LogP contribution in [0.2, 0.25) is 0 Å². The molecule has 2 aromatic rings. The molecule has 0 fully saturated rings. The number of aromatic nitrogens is 2. The Hall–Kier alpha value is -2.10. The van der Waals surface area contributed by atoms with E-state index in [9.17, 15) is 0 Å². The molecule has 1 aliphatic heterocycles.